The maximum atomic E-state index is 12.4. The molecule has 0 bridgehead atoms. The van der Waals surface area contributed by atoms with Crippen molar-refractivity contribution in [2.24, 2.45) is 7.05 Å². The van der Waals surface area contributed by atoms with Crippen LogP contribution in [0.5, 0.6) is 5.88 Å². The Morgan fingerprint density at radius 3 is 2.88 bits per heavy atom. The predicted molar refractivity (Wildman–Crippen MR) is 91.8 cm³/mol. The quantitative estimate of drug-likeness (QED) is 0.862. The van der Waals surface area contributed by atoms with Gasteiger partial charge >= 0.3 is 0 Å². The highest BCUT2D eigenvalue weighted by molar-refractivity contribution is 6.04. The van der Waals surface area contributed by atoms with Gasteiger partial charge in [-0.25, -0.2) is 9.67 Å². The minimum atomic E-state index is -0.317. The van der Waals surface area contributed by atoms with Crippen LogP contribution >= 0.6 is 12.4 Å². The molecule has 1 aliphatic heterocycles. The van der Waals surface area contributed by atoms with E-state index in [-0.39, 0.29) is 24.2 Å². The Morgan fingerprint density at radius 1 is 1.42 bits per heavy atom. The van der Waals surface area contributed by atoms with Gasteiger partial charge in [-0.05, 0) is 38.1 Å². The monoisotopic (exact) mass is 352 g/mol. The van der Waals surface area contributed by atoms with E-state index in [1.54, 1.807) is 30.1 Å². The molecule has 0 aliphatic carbocycles. The van der Waals surface area contributed by atoms with E-state index in [1.807, 2.05) is 0 Å². The third-order valence-corrected chi connectivity index (χ3v) is 3.92. The standard InChI is InChI=1S/C15H20N6O2.ClH/c1-21-15(18-12(20-21)10-5-8-16-9-6-10)19-13(22)11-4-3-7-17-14(11)23-2;/h3-4,7,10,16H,5-6,8-9H2,1-2H3,(H,18,19,20,22);1H. The lowest BCUT2D eigenvalue weighted by atomic mass is 9.98. The van der Waals surface area contributed by atoms with Crippen LogP contribution in [0.15, 0.2) is 18.3 Å². The summed E-state index contributed by atoms with van der Waals surface area (Å²) in [6.45, 7) is 1.94. The zero-order valence-electron chi connectivity index (χ0n) is 13.7. The maximum Gasteiger partial charge on any atom is 0.263 e. The van der Waals surface area contributed by atoms with Crippen molar-refractivity contribution in [1.82, 2.24) is 25.1 Å². The highest BCUT2D eigenvalue weighted by Gasteiger charge is 2.22. The molecule has 9 heteroatoms. The summed E-state index contributed by atoms with van der Waals surface area (Å²) in [6, 6.07) is 3.35. The van der Waals surface area contributed by atoms with E-state index in [0.717, 1.165) is 31.8 Å². The molecule has 0 atom stereocenters. The first-order valence-electron chi connectivity index (χ1n) is 7.61. The number of aryl methyl sites for hydroxylation is 1. The number of nitrogens with one attached hydrogen (secondary N) is 2. The highest BCUT2D eigenvalue weighted by Crippen LogP contribution is 2.23. The maximum absolute atomic E-state index is 12.4. The number of amides is 1. The zero-order valence-corrected chi connectivity index (χ0v) is 14.5. The van der Waals surface area contributed by atoms with Gasteiger partial charge in [0.1, 0.15) is 5.56 Å². The number of rotatable bonds is 4. The molecule has 1 aliphatic rings. The van der Waals surface area contributed by atoms with Crippen molar-refractivity contribution in [2.75, 3.05) is 25.5 Å². The second-order valence-electron chi connectivity index (χ2n) is 5.46. The molecular formula is C15H21ClN6O2. The van der Waals surface area contributed by atoms with Gasteiger partial charge in [0.05, 0.1) is 7.11 Å². The Labute approximate surface area is 146 Å². The molecule has 8 nitrogen and oxygen atoms in total. The van der Waals surface area contributed by atoms with E-state index in [4.69, 9.17) is 4.74 Å². The van der Waals surface area contributed by atoms with Gasteiger partial charge in [0.25, 0.3) is 5.91 Å². The number of carbonyl (C=O) groups is 1. The van der Waals surface area contributed by atoms with Crippen molar-refractivity contribution < 1.29 is 9.53 Å². The summed E-state index contributed by atoms with van der Waals surface area (Å²) in [5, 5.41) is 10.5. The zero-order chi connectivity index (χ0) is 16.2. The highest BCUT2D eigenvalue weighted by atomic mass is 35.5. The van der Waals surface area contributed by atoms with Crippen LogP contribution < -0.4 is 15.4 Å². The van der Waals surface area contributed by atoms with E-state index in [2.05, 4.69) is 25.7 Å². The SMILES string of the molecule is COc1ncccc1C(=O)Nc1nc(C2CCNCC2)nn1C.Cl. The number of carbonyl (C=O) groups excluding carboxylic acids is 1. The smallest absolute Gasteiger partial charge is 0.263 e. The van der Waals surface area contributed by atoms with Crippen LogP contribution in [0.25, 0.3) is 0 Å². The normalized spacial score (nSPS) is 14.8. The first-order valence-corrected chi connectivity index (χ1v) is 7.61. The molecule has 2 N–H and O–H groups in total. The van der Waals surface area contributed by atoms with Crippen LogP contribution in [0.1, 0.15) is 34.9 Å². The Kier molecular flexibility index (Phi) is 6.10. The molecule has 0 radical (unpaired) electrons. The molecule has 1 amide bonds. The molecule has 3 rings (SSSR count). The molecular weight excluding hydrogens is 332 g/mol. The average Bonchev–Trinajstić information content (AvgIpc) is 2.96. The van der Waals surface area contributed by atoms with Crippen LogP contribution in [0.4, 0.5) is 5.95 Å². The first-order chi connectivity index (χ1) is 11.2. The Morgan fingerprint density at radius 2 is 2.17 bits per heavy atom. The number of pyridine rings is 1. The number of piperidine rings is 1. The minimum Gasteiger partial charge on any atom is -0.480 e. The van der Waals surface area contributed by atoms with E-state index in [1.165, 1.54) is 7.11 Å². The van der Waals surface area contributed by atoms with Gasteiger partial charge in [-0.3, -0.25) is 10.1 Å². The van der Waals surface area contributed by atoms with E-state index >= 15 is 0 Å². The van der Waals surface area contributed by atoms with E-state index < -0.39 is 0 Å². The van der Waals surface area contributed by atoms with Crippen molar-refractivity contribution >= 4 is 24.3 Å². The number of anilines is 1. The molecule has 1 fully saturated rings. The second kappa shape index (κ2) is 8.07. The van der Waals surface area contributed by atoms with Gasteiger partial charge in [-0.1, -0.05) is 0 Å². The molecule has 2 aromatic rings. The fraction of sp³-hybridized carbons (Fsp3) is 0.467. The summed E-state index contributed by atoms with van der Waals surface area (Å²) in [6.07, 6.45) is 3.59. The van der Waals surface area contributed by atoms with Crippen LogP contribution in [-0.2, 0) is 7.05 Å². The van der Waals surface area contributed by atoms with Crippen LogP contribution in [0, 0.1) is 0 Å². The number of ether oxygens (including phenoxy) is 1. The summed E-state index contributed by atoms with van der Waals surface area (Å²) in [5.41, 5.74) is 0.362. The fourth-order valence-electron chi connectivity index (χ4n) is 2.66. The summed E-state index contributed by atoms with van der Waals surface area (Å²) in [7, 11) is 3.25. The number of hydrogen-bond acceptors (Lipinski definition) is 6. The summed E-state index contributed by atoms with van der Waals surface area (Å²) in [4.78, 5) is 20.9. The van der Waals surface area contributed by atoms with Gasteiger partial charge < -0.3 is 10.1 Å². The summed E-state index contributed by atoms with van der Waals surface area (Å²) >= 11 is 0. The van der Waals surface area contributed by atoms with Gasteiger partial charge in [0, 0.05) is 19.2 Å². The van der Waals surface area contributed by atoms with Gasteiger partial charge in [0.15, 0.2) is 5.82 Å². The number of aromatic nitrogens is 4. The third kappa shape index (κ3) is 3.82. The van der Waals surface area contributed by atoms with Gasteiger partial charge in [-0.15, -0.1) is 12.4 Å². The second-order valence-corrected chi connectivity index (χ2v) is 5.46. The van der Waals surface area contributed by atoms with Crippen LogP contribution in [-0.4, -0.2) is 45.9 Å². The van der Waals surface area contributed by atoms with Crippen LogP contribution in [0.2, 0.25) is 0 Å². The number of hydrogen-bond donors (Lipinski definition) is 2. The predicted octanol–water partition coefficient (Wildman–Crippen LogP) is 1.36. The van der Waals surface area contributed by atoms with Crippen molar-refractivity contribution in [1.29, 1.82) is 0 Å². The molecule has 1 saturated heterocycles. The van der Waals surface area contributed by atoms with Gasteiger partial charge in [0.2, 0.25) is 11.8 Å². The number of nitrogens with zero attached hydrogens (tertiary/aromatic N) is 4. The third-order valence-electron chi connectivity index (χ3n) is 3.92. The van der Waals surface area contributed by atoms with Gasteiger partial charge in [-0.2, -0.15) is 10.1 Å². The molecule has 2 aromatic heterocycles. The topological polar surface area (TPSA) is 94.0 Å². The molecule has 0 saturated carbocycles. The van der Waals surface area contributed by atoms with Crippen molar-refractivity contribution in [3.05, 3.63) is 29.7 Å². The van der Waals surface area contributed by atoms with E-state index in [0.29, 0.717) is 17.4 Å². The Hall–Kier alpha value is -2.19. The lowest BCUT2D eigenvalue weighted by Crippen LogP contribution is -2.27. The molecule has 24 heavy (non-hydrogen) atoms. The average molecular weight is 353 g/mol. The van der Waals surface area contributed by atoms with Crippen molar-refractivity contribution in [3.8, 4) is 5.88 Å². The first kappa shape index (κ1) is 18.2. The van der Waals surface area contributed by atoms with Crippen molar-refractivity contribution in [3.63, 3.8) is 0 Å². The Bertz CT molecular complexity index is 699. The van der Waals surface area contributed by atoms with Crippen molar-refractivity contribution in [2.45, 2.75) is 18.8 Å². The lowest BCUT2D eigenvalue weighted by molar-refractivity contribution is 0.102. The fourth-order valence-corrected chi connectivity index (χ4v) is 2.66. The molecule has 130 valence electrons. The Balaban J connectivity index is 0.00000208. The largest absolute Gasteiger partial charge is 0.480 e. The summed E-state index contributed by atoms with van der Waals surface area (Å²) in [5.74, 6) is 1.51. The minimum absolute atomic E-state index is 0. The molecule has 3 heterocycles. The number of methoxy groups -OCH3 is 1. The number of halogens is 1. The van der Waals surface area contributed by atoms with Crippen LogP contribution in [0.3, 0.4) is 0 Å². The molecule has 0 unspecified atom stereocenters. The molecule has 0 spiro atoms. The lowest BCUT2D eigenvalue weighted by Gasteiger charge is -2.19. The molecule has 0 aromatic carbocycles. The summed E-state index contributed by atoms with van der Waals surface area (Å²) < 4.78 is 6.71. The van der Waals surface area contributed by atoms with E-state index in [9.17, 15) is 4.79 Å².